The molecule has 4 unspecified atom stereocenters. The summed E-state index contributed by atoms with van der Waals surface area (Å²) in [5.74, 6) is -4.66. The van der Waals surface area contributed by atoms with E-state index in [9.17, 15) is 34.2 Å². The van der Waals surface area contributed by atoms with E-state index in [1.165, 1.54) is 6.92 Å². The van der Waals surface area contributed by atoms with Crippen LogP contribution in [0.5, 0.6) is 0 Å². The second-order valence-electron chi connectivity index (χ2n) is 7.71. The summed E-state index contributed by atoms with van der Waals surface area (Å²) in [4.78, 5) is 62.5. The van der Waals surface area contributed by atoms with Gasteiger partial charge in [-0.3, -0.25) is 19.2 Å². The lowest BCUT2D eigenvalue weighted by Gasteiger charge is -2.22. The quantitative estimate of drug-likeness (QED) is 0.162. The van der Waals surface area contributed by atoms with Gasteiger partial charge >= 0.3 is 5.97 Å². The van der Waals surface area contributed by atoms with Gasteiger partial charge in [-0.2, -0.15) is 0 Å². The molecule has 4 amide bonds. The monoisotopic (exact) mass is 476 g/mol. The lowest BCUT2D eigenvalue weighted by atomic mass is 10.0. The van der Waals surface area contributed by atoms with Crippen molar-refractivity contribution in [3.05, 3.63) is 36.0 Å². The summed E-state index contributed by atoms with van der Waals surface area (Å²) < 4.78 is 0. The first-order valence-electron chi connectivity index (χ1n) is 10.4. The minimum Gasteiger partial charge on any atom is -0.480 e. The van der Waals surface area contributed by atoms with Crippen LogP contribution in [0.15, 0.2) is 30.5 Å². The molecule has 184 valence electrons. The van der Waals surface area contributed by atoms with Crippen LogP contribution in [-0.2, 0) is 30.4 Å². The van der Waals surface area contributed by atoms with E-state index in [2.05, 4.69) is 20.9 Å². The van der Waals surface area contributed by atoms with E-state index in [-0.39, 0.29) is 6.42 Å². The number of H-pyrrole nitrogens is 1. The fraction of sp³-hybridized carbons (Fsp3) is 0.381. The third kappa shape index (κ3) is 7.02. The molecule has 0 aliphatic carbocycles. The van der Waals surface area contributed by atoms with Crippen LogP contribution in [0.3, 0.4) is 0 Å². The molecule has 1 heterocycles. The molecule has 0 spiro atoms. The third-order valence-electron chi connectivity index (χ3n) is 5.04. The fourth-order valence-corrected chi connectivity index (χ4v) is 3.18. The average molecular weight is 476 g/mol. The summed E-state index contributed by atoms with van der Waals surface area (Å²) in [6.45, 7) is 0.479. The number of hydrogen-bond donors (Lipinski definition) is 8. The Balaban J connectivity index is 1.99. The highest BCUT2D eigenvalue weighted by Crippen LogP contribution is 2.19. The number of carbonyl (C=O) groups excluding carboxylic acids is 4. The summed E-state index contributed by atoms with van der Waals surface area (Å²) in [6.07, 6.45) is 1.18. The van der Waals surface area contributed by atoms with Crippen LogP contribution >= 0.6 is 0 Å². The molecule has 1 aromatic heterocycles. The number of amides is 4. The first-order valence-corrected chi connectivity index (χ1v) is 10.4. The number of primary amides is 1. The molecule has 0 radical (unpaired) electrons. The van der Waals surface area contributed by atoms with Gasteiger partial charge in [0.25, 0.3) is 0 Å². The molecule has 34 heavy (non-hydrogen) atoms. The molecule has 4 atom stereocenters. The predicted molar refractivity (Wildman–Crippen MR) is 120 cm³/mol. The van der Waals surface area contributed by atoms with Crippen molar-refractivity contribution in [3.63, 3.8) is 0 Å². The maximum Gasteiger partial charge on any atom is 0.326 e. The van der Waals surface area contributed by atoms with Crippen LogP contribution in [0, 0.1) is 0 Å². The van der Waals surface area contributed by atoms with Crippen molar-refractivity contribution >= 4 is 40.5 Å². The molecular weight excluding hydrogens is 448 g/mol. The van der Waals surface area contributed by atoms with Crippen LogP contribution in [-0.4, -0.2) is 75.6 Å². The molecular formula is C21H28N6O7. The standard InChI is InChI=1S/C21H28N6O7/c1-10(25-19(31)13(22)7-17(23)29)18(30)27-16(9-28)20(32)26-15(21(33)34)6-11-8-24-14-5-3-2-4-12(11)14/h2-5,8,10,13,15-16,24,28H,6-7,9,22H2,1H3,(H2,23,29)(H,25,31)(H,26,32)(H,27,30)(H,33,34). The molecule has 0 aliphatic rings. The molecule has 0 saturated carbocycles. The number of aromatic amines is 1. The molecule has 2 rings (SSSR count). The fourth-order valence-electron chi connectivity index (χ4n) is 3.18. The number of benzene rings is 1. The smallest absolute Gasteiger partial charge is 0.326 e. The van der Waals surface area contributed by atoms with Gasteiger partial charge < -0.3 is 42.6 Å². The molecule has 0 fully saturated rings. The number of nitrogens with one attached hydrogen (secondary N) is 4. The number of hydrogen-bond acceptors (Lipinski definition) is 7. The van der Waals surface area contributed by atoms with E-state index < -0.39 is 66.8 Å². The van der Waals surface area contributed by atoms with Gasteiger partial charge in [0.15, 0.2) is 0 Å². The summed E-state index contributed by atoms with van der Waals surface area (Å²) in [6, 6.07) is 2.02. The highest BCUT2D eigenvalue weighted by atomic mass is 16.4. The van der Waals surface area contributed by atoms with Gasteiger partial charge in [0.2, 0.25) is 23.6 Å². The largest absolute Gasteiger partial charge is 0.480 e. The number of aliphatic hydroxyl groups excluding tert-OH is 1. The van der Waals surface area contributed by atoms with Gasteiger partial charge in [-0.25, -0.2) is 4.79 Å². The van der Waals surface area contributed by atoms with Crippen molar-refractivity contribution in [3.8, 4) is 0 Å². The second-order valence-corrected chi connectivity index (χ2v) is 7.71. The summed E-state index contributed by atoms with van der Waals surface area (Å²) in [5.41, 5.74) is 12.0. The Hall–Kier alpha value is -3.97. The lowest BCUT2D eigenvalue weighted by molar-refractivity contribution is -0.142. The zero-order valence-electron chi connectivity index (χ0n) is 18.4. The van der Waals surface area contributed by atoms with E-state index >= 15 is 0 Å². The van der Waals surface area contributed by atoms with Crippen molar-refractivity contribution in [2.24, 2.45) is 11.5 Å². The summed E-state index contributed by atoms with van der Waals surface area (Å²) >= 11 is 0. The summed E-state index contributed by atoms with van der Waals surface area (Å²) in [5, 5.41) is 26.7. The lowest BCUT2D eigenvalue weighted by Crippen LogP contribution is -2.57. The van der Waals surface area contributed by atoms with Crippen molar-refractivity contribution in [2.75, 3.05) is 6.61 Å². The second kappa shape index (κ2) is 11.8. The van der Waals surface area contributed by atoms with Gasteiger partial charge in [0.05, 0.1) is 19.1 Å². The molecule has 13 nitrogen and oxygen atoms in total. The molecule has 0 bridgehead atoms. The van der Waals surface area contributed by atoms with E-state index in [4.69, 9.17) is 11.5 Å². The van der Waals surface area contributed by atoms with Crippen molar-refractivity contribution in [2.45, 2.75) is 43.9 Å². The van der Waals surface area contributed by atoms with Crippen LogP contribution in [0.2, 0.25) is 0 Å². The zero-order valence-corrected chi connectivity index (χ0v) is 18.4. The Kier molecular flexibility index (Phi) is 9.10. The van der Waals surface area contributed by atoms with Crippen LogP contribution < -0.4 is 27.4 Å². The Labute approximate surface area is 194 Å². The van der Waals surface area contributed by atoms with E-state index in [0.29, 0.717) is 5.56 Å². The van der Waals surface area contributed by atoms with E-state index in [1.807, 2.05) is 18.2 Å². The first-order chi connectivity index (χ1) is 16.0. The Bertz CT molecular complexity index is 1070. The average Bonchev–Trinajstić information content (AvgIpc) is 3.18. The van der Waals surface area contributed by atoms with Crippen molar-refractivity contribution < 1.29 is 34.2 Å². The Morgan fingerprint density at radius 2 is 1.65 bits per heavy atom. The molecule has 13 heteroatoms. The first kappa shape index (κ1) is 26.3. The predicted octanol–water partition coefficient (Wildman–Crippen LogP) is -2.54. The Morgan fingerprint density at radius 1 is 1.00 bits per heavy atom. The number of aromatic nitrogens is 1. The van der Waals surface area contributed by atoms with Crippen molar-refractivity contribution in [1.29, 1.82) is 0 Å². The van der Waals surface area contributed by atoms with Crippen LogP contribution in [0.1, 0.15) is 18.9 Å². The number of carbonyl (C=O) groups is 5. The molecule has 1 aromatic carbocycles. The Morgan fingerprint density at radius 3 is 2.26 bits per heavy atom. The normalized spacial score (nSPS) is 14.4. The highest BCUT2D eigenvalue weighted by Gasteiger charge is 2.29. The highest BCUT2D eigenvalue weighted by molar-refractivity contribution is 5.95. The van der Waals surface area contributed by atoms with Crippen LogP contribution in [0.4, 0.5) is 0 Å². The number of para-hydroxylation sites is 1. The van der Waals surface area contributed by atoms with Gasteiger partial charge in [0.1, 0.15) is 18.1 Å². The zero-order chi connectivity index (χ0) is 25.4. The van der Waals surface area contributed by atoms with E-state index in [1.54, 1.807) is 12.3 Å². The van der Waals surface area contributed by atoms with Gasteiger partial charge in [0, 0.05) is 23.5 Å². The van der Waals surface area contributed by atoms with Gasteiger partial charge in [-0.05, 0) is 18.6 Å². The van der Waals surface area contributed by atoms with Gasteiger partial charge in [-0.15, -0.1) is 0 Å². The van der Waals surface area contributed by atoms with Crippen LogP contribution in [0.25, 0.3) is 10.9 Å². The molecule has 10 N–H and O–H groups in total. The van der Waals surface area contributed by atoms with E-state index in [0.717, 1.165) is 10.9 Å². The number of aliphatic carboxylic acids is 1. The third-order valence-corrected chi connectivity index (χ3v) is 5.04. The summed E-state index contributed by atoms with van der Waals surface area (Å²) in [7, 11) is 0. The topological polar surface area (TPSA) is 230 Å². The molecule has 0 saturated heterocycles. The van der Waals surface area contributed by atoms with Gasteiger partial charge in [-0.1, -0.05) is 18.2 Å². The number of rotatable bonds is 12. The SMILES string of the molecule is CC(NC(=O)C(N)CC(N)=O)C(=O)NC(CO)C(=O)NC(Cc1c[nH]c2ccccc12)C(=O)O. The maximum absolute atomic E-state index is 12.6. The number of aliphatic hydroxyl groups is 1. The molecule has 2 aromatic rings. The minimum atomic E-state index is -1.48. The molecule has 0 aliphatic heterocycles. The number of carboxylic acid groups (broad SMARTS) is 1. The number of nitrogens with two attached hydrogens (primary N) is 2. The number of fused-ring (bicyclic) bond motifs is 1. The number of carboxylic acids is 1. The maximum atomic E-state index is 12.6. The minimum absolute atomic E-state index is 0.0403. The van der Waals surface area contributed by atoms with Crippen molar-refractivity contribution in [1.82, 2.24) is 20.9 Å².